The molecule has 1 N–H and O–H groups in total. The first-order valence-electron chi connectivity index (χ1n) is 11.5. The van der Waals surface area contributed by atoms with E-state index in [9.17, 15) is 4.79 Å². The molecule has 0 fully saturated rings. The smallest absolute Gasteiger partial charge is 0.165 e. The number of allylic oxidation sites excluding steroid dienone is 1. The largest absolute Gasteiger partial charge is 0.373 e. The van der Waals surface area contributed by atoms with Crippen molar-refractivity contribution in [2.45, 2.75) is 53.5 Å². The highest BCUT2D eigenvalue weighted by Gasteiger charge is 2.34. The minimum Gasteiger partial charge on any atom is -0.373 e. The molecule has 0 spiro atoms. The van der Waals surface area contributed by atoms with Gasteiger partial charge in [0.2, 0.25) is 0 Å². The molecule has 1 aliphatic rings. The van der Waals surface area contributed by atoms with Gasteiger partial charge in [-0.2, -0.15) is 0 Å². The van der Waals surface area contributed by atoms with E-state index < -0.39 is 17.6 Å². The molecule has 3 rings (SSSR count). The van der Waals surface area contributed by atoms with Gasteiger partial charge in [0.1, 0.15) is 23.6 Å². The zero-order chi connectivity index (χ0) is 26.9. The first-order chi connectivity index (χ1) is 16.8. The molecule has 186 valence electrons. The molecule has 0 bridgehead atoms. The van der Waals surface area contributed by atoms with Gasteiger partial charge in [-0.05, 0) is 31.1 Å². The summed E-state index contributed by atoms with van der Waals surface area (Å²) in [5.41, 5.74) is 2.49. The van der Waals surface area contributed by atoms with Crippen LogP contribution in [-0.2, 0) is 17.8 Å². The van der Waals surface area contributed by atoms with Gasteiger partial charge in [0.25, 0.3) is 0 Å². The van der Waals surface area contributed by atoms with E-state index in [-0.39, 0.29) is 17.8 Å². The number of anilines is 3. The summed E-state index contributed by atoms with van der Waals surface area (Å²) in [4.78, 5) is 19.5. The van der Waals surface area contributed by atoms with Crippen molar-refractivity contribution in [2.75, 3.05) is 29.2 Å². The molecule has 1 atom stereocenters. The number of aromatic nitrogens is 1. The molecule has 35 heavy (non-hydrogen) atoms. The molecular formula is C28H34F2N4O. The molecule has 1 aliphatic heterocycles. The number of nitrogens with zero attached hydrogens (tertiary/aromatic N) is 3. The van der Waals surface area contributed by atoms with E-state index in [1.54, 1.807) is 45.0 Å². The Kier molecular flexibility index (Phi) is 11.0. The van der Waals surface area contributed by atoms with Crippen LogP contribution < -0.4 is 15.1 Å². The number of benzene rings is 1. The Morgan fingerprint density at radius 3 is 2.37 bits per heavy atom. The van der Waals surface area contributed by atoms with E-state index >= 15 is 8.78 Å². The number of rotatable bonds is 5. The fraction of sp³-hybridized carbons (Fsp3) is 0.357. The molecular weight excluding hydrogens is 446 g/mol. The SMILES string of the molecule is C#C.C#Cc1cc(CC)c(F)c(N2Cc3cnc(NC)c(C(C)C=O)c3N(C)/C2=C/C)c1F.CC. The second-order valence-corrected chi connectivity index (χ2v) is 7.42. The predicted octanol–water partition coefficient (Wildman–Crippen LogP) is 5.84. The molecule has 7 heteroatoms. The summed E-state index contributed by atoms with van der Waals surface area (Å²) in [6, 6.07) is 1.38. The van der Waals surface area contributed by atoms with Crippen LogP contribution in [0.1, 0.15) is 62.8 Å². The maximum Gasteiger partial charge on any atom is 0.165 e. The quantitative estimate of drug-likeness (QED) is 0.430. The second kappa shape index (κ2) is 13.2. The van der Waals surface area contributed by atoms with Crippen molar-refractivity contribution in [3.63, 3.8) is 0 Å². The summed E-state index contributed by atoms with van der Waals surface area (Å²) >= 11 is 0. The number of carbonyl (C=O) groups is 1. The molecule has 0 aliphatic carbocycles. The lowest BCUT2D eigenvalue weighted by molar-refractivity contribution is -0.108. The average molecular weight is 481 g/mol. The van der Waals surface area contributed by atoms with Crippen LogP contribution in [0.5, 0.6) is 0 Å². The number of hydrogen-bond acceptors (Lipinski definition) is 5. The second-order valence-electron chi connectivity index (χ2n) is 7.42. The number of nitrogens with one attached hydrogen (secondary N) is 1. The molecule has 1 aromatic carbocycles. The lowest BCUT2D eigenvalue weighted by Crippen LogP contribution is -2.40. The Morgan fingerprint density at radius 2 is 1.89 bits per heavy atom. The molecule has 2 aromatic rings. The normalized spacial score (nSPS) is 13.9. The van der Waals surface area contributed by atoms with Crippen molar-refractivity contribution < 1.29 is 13.6 Å². The van der Waals surface area contributed by atoms with E-state index in [0.717, 1.165) is 23.1 Å². The molecule has 0 saturated heterocycles. The summed E-state index contributed by atoms with van der Waals surface area (Å²) in [6.45, 7) is 9.57. The minimum absolute atomic E-state index is 0.0241. The average Bonchev–Trinajstić information content (AvgIpc) is 2.90. The summed E-state index contributed by atoms with van der Waals surface area (Å²) in [5.74, 6) is 1.68. The van der Waals surface area contributed by atoms with Crippen LogP contribution >= 0.6 is 0 Å². The lowest BCUT2D eigenvalue weighted by Gasteiger charge is -2.41. The molecule has 1 unspecified atom stereocenters. The van der Waals surface area contributed by atoms with Crippen molar-refractivity contribution in [1.82, 2.24) is 4.98 Å². The third-order valence-electron chi connectivity index (χ3n) is 5.66. The van der Waals surface area contributed by atoms with Crippen molar-refractivity contribution in [3.05, 3.63) is 58.0 Å². The monoisotopic (exact) mass is 480 g/mol. The Bertz CT molecular complexity index is 1150. The molecule has 0 saturated carbocycles. The first kappa shape index (κ1) is 29.2. The molecule has 0 radical (unpaired) electrons. The fourth-order valence-electron chi connectivity index (χ4n) is 4.13. The Balaban J connectivity index is 0.00000145. The number of fused-ring (bicyclic) bond motifs is 1. The van der Waals surface area contributed by atoms with Crippen molar-refractivity contribution >= 4 is 23.5 Å². The lowest BCUT2D eigenvalue weighted by atomic mass is 9.95. The summed E-state index contributed by atoms with van der Waals surface area (Å²) in [7, 11) is 3.55. The minimum atomic E-state index is -0.769. The summed E-state index contributed by atoms with van der Waals surface area (Å²) in [5, 5.41) is 3.03. The van der Waals surface area contributed by atoms with Crippen molar-refractivity contribution in [2.24, 2.45) is 0 Å². The summed E-state index contributed by atoms with van der Waals surface area (Å²) < 4.78 is 30.6. The van der Waals surface area contributed by atoms with Gasteiger partial charge in [-0.15, -0.1) is 19.3 Å². The number of aldehydes is 1. The fourth-order valence-corrected chi connectivity index (χ4v) is 4.13. The molecule has 5 nitrogen and oxygen atoms in total. The van der Waals surface area contributed by atoms with Crippen LogP contribution in [-0.4, -0.2) is 25.4 Å². The van der Waals surface area contributed by atoms with Gasteiger partial charge in [0, 0.05) is 37.3 Å². The zero-order valence-corrected chi connectivity index (χ0v) is 21.5. The van der Waals surface area contributed by atoms with Gasteiger partial charge in [0.15, 0.2) is 11.6 Å². The standard InChI is InChI=1S/C24H26F2N4O.C2H6.C2H2/c1-7-15-10-16(8-2)21(26)23(20(15)25)30-12-17-11-28-24(27-5)19(14(4)13-31)22(17)29(6)18(30)9-3;2*1-2/h1,9-11,13-14H,8,12H2,2-6H3,(H,27,28);1-2H3;1-2H/b18-9-;;. The zero-order valence-electron chi connectivity index (χ0n) is 21.5. The first-order valence-corrected chi connectivity index (χ1v) is 11.5. The molecule has 1 aromatic heterocycles. The van der Waals surface area contributed by atoms with Crippen LogP contribution in [0.15, 0.2) is 24.2 Å². The van der Waals surface area contributed by atoms with Gasteiger partial charge in [-0.3, -0.25) is 0 Å². The molecule has 2 heterocycles. The van der Waals surface area contributed by atoms with Crippen LogP contribution in [0, 0.1) is 36.8 Å². The Hall–Kier alpha value is -3.84. The van der Waals surface area contributed by atoms with Gasteiger partial charge >= 0.3 is 0 Å². The van der Waals surface area contributed by atoms with Crippen LogP contribution in [0.2, 0.25) is 0 Å². The van der Waals surface area contributed by atoms with E-state index in [1.807, 2.05) is 25.8 Å². The number of halogens is 2. The highest BCUT2D eigenvalue weighted by molar-refractivity contribution is 5.80. The van der Waals surface area contributed by atoms with Gasteiger partial charge in [0.05, 0.1) is 17.8 Å². The maximum absolute atomic E-state index is 15.4. The van der Waals surface area contributed by atoms with Crippen LogP contribution in [0.4, 0.5) is 26.0 Å². The topological polar surface area (TPSA) is 48.5 Å². The van der Waals surface area contributed by atoms with Gasteiger partial charge < -0.3 is 19.9 Å². The van der Waals surface area contributed by atoms with Gasteiger partial charge in [-0.25, -0.2) is 13.8 Å². The predicted molar refractivity (Wildman–Crippen MR) is 142 cm³/mol. The number of aryl methyl sites for hydroxylation is 1. The molecule has 0 amide bonds. The van der Waals surface area contributed by atoms with Gasteiger partial charge in [-0.1, -0.05) is 33.6 Å². The van der Waals surface area contributed by atoms with E-state index in [1.165, 1.54) is 6.07 Å². The van der Waals surface area contributed by atoms with E-state index in [0.29, 0.717) is 23.6 Å². The third-order valence-corrected chi connectivity index (χ3v) is 5.66. The van der Waals surface area contributed by atoms with E-state index in [4.69, 9.17) is 6.42 Å². The number of hydrogen-bond donors (Lipinski definition) is 1. The number of carbonyl (C=O) groups excluding carboxylic acids is 1. The highest BCUT2D eigenvalue weighted by atomic mass is 19.1. The van der Waals surface area contributed by atoms with E-state index in [2.05, 4.69) is 29.1 Å². The Labute approximate surface area is 208 Å². The maximum atomic E-state index is 15.4. The third kappa shape index (κ3) is 5.30. The Morgan fingerprint density at radius 1 is 1.26 bits per heavy atom. The van der Waals surface area contributed by atoms with Crippen LogP contribution in [0.3, 0.4) is 0 Å². The summed E-state index contributed by atoms with van der Waals surface area (Å²) in [6.07, 6.45) is 18.2. The highest BCUT2D eigenvalue weighted by Crippen LogP contribution is 2.43. The van der Waals surface area contributed by atoms with Crippen molar-refractivity contribution in [3.8, 4) is 25.2 Å². The van der Waals surface area contributed by atoms with Crippen molar-refractivity contribution in [1.29, 1.82) is 0 Å². The number of terminal acetylenes is 2. The number of pyridine rings is 1. The van der Waals surface area contributed by atoms with Crippen LogP contribution in [0.25, 0.3) is 0 Å².